The predicted octanol–water partition coefficient (Wildman–Crippen LogP) is 4.07. The molecule has 0 radical (unpaired) electrons. The number of phenols is 1. The zero-order valence-electron chi connectivity index (χ0n) is 13.8. The van der Waals surface area contributed by atoms with Crippen molar-refractivity contribution in [1.82, 2.24) is 0 Å². The maximum absolute atomic E-state index is 12.8. The number of phenolic OH excluding ortho intramolecular Hbond substituents is 1. The van der Waals surface area contributed by atoms with Gasteiger partial charge in [0.25, 0.3) is 5.91 Å². The van der Waals surface area contributed by atoms with Crippen molar-refractivity contribution in [2.24, 2.45) is 0 Å². The van der Waals surface area contributed by atoms with E-state index < -0.39 is 0 Å². The SMILES string of the molecule is CCOc1cc(C=C2SC(=S)N(c3cccc(C#N)c3)C2=O)ccc1O. The van der Waals surface area contributed by atoms with Gasteiger partial charge in [0.1, 0.15) is 0 Å². The zero-order valence-corrected chi connectivity index (χ0v) is 15.4. The number of carbonyl (C=O) groups is 1. The Bertz CT molecular complexity index is 963. The van der Waals surface area contributed by atoms with E-state index in [1.807, 2.05) is 6.92 Å². The van der Waals surface area contributed by atoms with Crippen LogP contribution in [0.4, 0.5) is 5.69 Å². The first-order valence-electron chi connectivity index (χ1n) is 7.77. The van der Waals surface area contributed by atoms with Gasteiger partial charge in [-0.25, -0.2) is 0 Å². The molecular formula is C19H14N2O3S2. The molecule has 2 aromatic rings. The van der Waals surface area contributed by atoms with E-state index in [1.165, 1.54) is 22.7 Å². The molecule has 7 heteroatoms. The number of amides is 1. The number of hydrogen-bond acceptors (Lipinski definition) is 6. The highest BCUT2D eigenvalue weighted by Gasteiger charge is 2.33. The lowest BCUT2D eigenvalue weighted by Crippen LogP contribution is -2.27. The Labute approximate surface area is 160 Å². The molecule has 0 atom stereocenters. The largest absolute Gasteiger partial charge is 0.504 e. The van der Waals surface area contributed by atoms with Crippen molar-refractivity contribution in [2.75, 3.05) is 11.5 Å². The fourth-order valence-electron chi connectivity index (χ4n) is 2.45. The summed E-state index contributed by atoms with van der Waals surface area (Å²) >= 11 is 6.53. The summed E-state index contributed by atoms with van der Waals surface area (Å²) in [5.41, 5.74) is 1.74. The van der Waals surface area contributed by atoms with Gasteiger partial charge in [-0.3, -0.25) is 9.69 Å². The van der Waals surface area contributed by atoms with Crippen LogP contribution in [0.15, 0.2) is 47.4 Å². The normalized spacial score (nSPS) is 15.4. The van der Waals surface area contributed by atoms with Crippen LogP contribution >= 0.6 is 24.0 Å². The summed E-state index contributed by atoms with van der Waals surface area (Å²) in [7, 11) is 0. The van der Waals surface area contributed by atoms with Gasteiger partial charge in [-0.05, 0) is 48.9 Å². The lowest BCUT2D eigenvalue weighted by atomic mass is 10.1. The second-order valence-electron chi connectivity index (χ2n) is 5.34. The van der Waals surface area contributed by atoms with Gasteiger partial charge in [0, 0.05) is 0 Å². The first kappa shape index (κ1) is 18.0. The molecule has 2 aromatic carbocycles. The Morgan fingerprint density at radius 2 is 2.15 bits per heavy atom. The number of benzene rings is 2. The maximum atomic E-state index is 12.8. The van der Waals surface area contributed by atoms with E-state index in [1.54, 1.807) is 42.5 Å². The zero-order chi connectivity index (χ0) is 18.7. The molecular weight excluding hydrogens is 368 g/mol. The third-order valence-electron chi connectivity index (χ3n) is 3.61. The number of hydrogen-bond donors (Lipinski definition) is 1. The summed E-state index contributed by atoms with van der Waals surface area (Å²) in [6.07, 6.45) is 1.70. The highest BCUT2D eigenvalue weighted by atomic mass is 32.2. The summed E-state index contributed by atoms with van der Waals surface area (Å²) in [6, 6.07) is 13.7. The first-order chi connectivity index (χ1) is 12.5. The maximum Gasteiger partial charge on any atom is 0.270 e. The second kappa shape index (κ2) is 7.60. The molecule has 1 saturated heterocycles. The average Bonchev–Trinajstić information content (AvgIpc) is 2.91. The van der Waals surface area contributed by atoms with Gasteiger partial charge >= 0.3 is 0 Å². The standard InChI is InChI=1S/C19H14N2O3S2/c1-2-24-16-9-12(6-7-15(16)22)10-17-18(23)21(19(25)26-17)14-5-3-4-13(8-14)11-20/h3-10,22H,2H2,1H3. The fourth-order valence-corrected chi connectivity index (χ4v) is 3.75. The van der Waals surface area contributed by atoms with E-state index in [2.05, 4.69) is 6.07 Å². The molecule has 1 N–H and O–H groups in total. The summed E-state index contributed by atoms with van der Waals surface area (Å²) in [4.78, 5) is 14.7. The van der Waals surface area contributed by atoms with Crippen LogP contribution in [0.25, 0.3) is 6.08 Å². The van der Waals surface area contributed by atoms with Gasteiger partial charge in [0.15, 0.2) is 15.8 Å². The second-order valence-corrected chi connectivity index (χ2v) is 7.02. The minimum Gasteiger partial charge on any atom is -0.504 e. The summed E-state index contributed by atoms with van der Waals surface area (Å²) in [5, 5.41) is 18.8. The van der Waals surface area contributed by atoms with E-state index in [0.717, 1.165) is 5.56 Å². The van der Waals surface area contributed by atoms with Crippen molar-refractivity contribution in [2.45, 2.75) is 6.92 Å². The number of carbonyl (C=O) groups excluding carboxylic acids is 1. The monoisotopic (exact) mass is 382 g/mol. The minimum absolute atomic E-state index is 0.0462. The number of ether oxygens (including phenoxy) is 1. The molecule has 3 rings (SSSR count). The number of aromatic hydroxyl groups is 1. The molecule has 1 amide bonds. The molecule has 0 spiro atoms. The summed E-state index contributed by atoms with van der Waals surface area (Å²) in [6.45, 7) is 2.25. The minimum atomic E-state index is -0.249. The van der Waals surface area contributed by atoms with Gasteiger partial charge in [-0.2, -0.15) is 5.26 Å². The summed E-state index contributed by atoms with van der Waals surface area (Å²) in [5.74, 6) is 0.157. The van der Waals surface area contributed by atoms with E-state index in [0.29, 0.717) is 32.8 Å². The first-order valence-corrected chi connectivity index (χ1v) is 9.00. The van der Waals surface area contributed by atoms with Crippen LogP contribution in [0.3, 0.4) is 0 Å². The fraction of sp³-hybridized carbons (Fsp3) is 0.105. The number of nitrogens with zero attached hydrogens (tertiary/aromatic N) is 2. The molecule has 1 aliphatic rings. The van der Waals surface area contributed by atoms with E-state index in [4.69, 9.17) is 22.2 Å². The third-order valence-corrected chi connectivity index (χ3v) is 4.91. The average molecular weight is 382 g/mol. The number of nitriles is 1. The molecule has 0 unspecified atom stereocenters. The summed E-state index contributed by atoms with van der Waals surface area (Å²) < 4.78 is 5.77. The van der Waals surface area contributed by atoms with Crippen molar-refractivity contribution in [1.29, 1.82) is 5.26 Å². The Hall–Kier alpha value is -2.82. The molecule has 1 heterocycles. The molecule has 130 valence electrons. The van der Waals surface area contributed by atoms with Crippen LogP contribution in [-0.2, 0) is 4.79 Å². The smallest absolute Gasteiger partial charge is 0.270 e. The quantitative estimate of drug-likeness (QED) is 0.635. The number of thioether (sulfide) groups is 1. The van der Waals surface area contributed by atoms with Gasteiger partial charge in [0.05, 0.1) is 28.8 Å². The van der Waals surface area contributed by atoms with Crippen molar-refractivity contribution in [3.63, 3.8) is 0 Å². The van der Waals surface area contributed by atoms with Crippen LogP contribution in [0, 0.1) is 11.3 Å². The number of anilines is 1. The molecule has 0 aromatic heterocycles. The number of rotatable bonds is 4. The lowest BCUT2D eigenvalue weighted by Gasteiger charge is -2.14. The topological polar surface area (TPSA) is 73.6 Å². The van der Waals surface area contributed by atoms with Crippen LogP contribution in [0.2, 0.25) is 0 Å². The van der Waals surface area contributed by atoms with Crippen molar-refractivity contribution >= 4 is 46.0 Å². The van der Waals surface area contributed by atoms with Gasteiger partial charge < -0.3 is 9.84 Å². The molecule has 1 aliphatic heterocycles. The predicted molar refractivity (Wildman–Crippen MR) is 106 cm³/mol. The Balaban J connectivity index is 1.92. The van der Waals surface area contributed by atoms with E-state index in [9.17, 15) is 9.90 Å². The molecule has 0 aliphatic carbocycles. The number of thiocarbonyl (C=S) groups is 1. The Kier molecular flexibility index (Phi) is 5.26. The van der Waals surface area contributed by atoms with Crippen LogP contribution in [-0.4, -0.2) is 21.9 Å². The van der Waals surface area contributed by atoms with Crippen molar-refractivity contribution < 1.29 is 14.6 Å². The van der Waals surface area contributed by atoms with Gasteiger partial charge in [-0.15, -0.1) is 0 Å². The van der Waals surface area contributed by atoms with Crippen LogP contribution in [0.1, 0.15) is 18.1 Å². The van der Waals surface area contributed by atoms with Gasteiger partial charge in [-0.1, -0.05) is 36.1 Å². The highest BCUT2D eigenvalue weighted by Crippen LogP contribution is 2.37. The van der Waals surface area contributed by atoms with E-state index >= 15 is 0 Å². The van der Waals surface area contributed by atoms with E-state index in [-0.39, 0.29) is 11.7 Å². The molecule has 26 heavy (non-hydrogen) atoms. The van der Waals surface area contributed by atoms with Crippen LogP contribution in [0.5, 0.6) is 11.5 Å². The highest BCUT2D eigenvalue weighted by molar-refractivity contribution is 8.27. The molecule has 1 fully saturated rings. The Morgan fingerprint density at radius 3 is 2.88 bits per heavy atom. The molecule has 5 nitrogen and oxygen atoms in total. The van der Waals surface area contributed by atoms with Crippen molar-refractivity contribution in [3.8, 4) is 17.6 Å². The molecule has 0 bridgehead atoms. The molecule has 0 saturated carbocycles. The van der Waals surface area contributed by atoms with Crippen LogP contribution < -0.4 is 9.64 Å². The lowest BCUT2D eigenvalue weighted by molar-refractivity contribution is -0.113. The third kappa shape index (κ3) is 3.57. The van der Waals surface area contributed by atoms with Gasteiger partial charge in [0.2, 0.25) is 0 Å². The van der Waals surface area contributed by atoms with Crippen molar-refractivity contribution in [3.05, 3.63) is 58.5 Å². The Morgan fingerprint density at radius 1 is 1.35 bits per heavy atom.